The molecule has 1 saturated heterocycles. The number of thiazole rings is 1. The van der Waals surface area contributed by atoms with Crippen molar-refractivity contribution in [3.8, 4) is 10.6 Å². The van der Waals surface area contributed by atoms with Crippen molar-refractivity contribution in [1.82, 2.24) is 9.88 Å². The van der Waals surface area contributed by atoms with E-state index in [-0.39, 0.29) is 25.9 Å². The van der Waals surface area contributed by atoms with Crippen LogP contribution in [0.3, 0.4) is 0 Å². The number of nitrogens with one attached hydrogen (secondary N) is 1. The number of piperidine rings is 1. The van der Waals surface area contributed by atoms with E-state index in [0.29, 0.717) is 5.69 Å². The Morgan fingerprint density at radius 3 is 2.70 bits per heavy atom. The summed E-state index contributed by atoms with van der Waals surface area (Å²) >= 11 is 1.46. The number of likely N-dealkylation sites (tertiary alicyclic amines) is 1. The molecule has 144 valence electrons. The number of nitrogens with zero attached hydrogens (tertiary/aromatic N) is 2. The molecule has 1 aliphatic heterocycles. The van der Waals surface area contributed by atoms with Crippen LogP contribution in [0.5, 0.6) is 0 Å². The molecular formula is C18H20FN3O4S. The number of carbonyl (C=O) groups excluding carboxylic acids is 1. The molecule has 0 bridgehead atoms. The van der Waals surface area contributed by atoms with Gasteiger partial charge >= 0.3 is 12.1 Å². The van der Waals surface area contributed by atoms with Crippen molar-refractivity contribution in [2.75, 3.05) is 18.6 Å². The average molecular weight is 393 g/mol. The van der Waals surface area contributed by atoms with Gasteiger partial charge in [0, 0.05) is 35.6 Å². The number of hydrogen-bond acceptors (Lipinski definition) is 6. The van der Waals surface area contributed by atoms with Crippen molar-refractivity contribution >= 4 is 29.1 Å². The van der Waals surface area contributed by atoms with Crippen LogP contribution in [-0.2, 0) is 9.63 Å². The standard InChI is InChI=1S/C18H20FN3O4S/c1-11-10-27-16(20-11)13-4-2-3-5-14(13)21-26-17(23)15(19)12-6-8-22(9-7-12)18(24)25/h2-5,10,12,15,21H,6-9H2,1H3,(H,24,25). The monoisotopic (exact) mass is 393 g/mol. The second kappa shape index (κ2) is 8.34. The van der Waals surface area contributed by atoms with Gasteiger partial charge in [-0.05, 0) is 31.9 Å². The lowest BCUT2D eigenvalue weighted by Gasteiger charge is -2.30. The Morgan fingerprint density at radius 1 is 1.37 bits per heavy atom. The summed E-state index contributed by atoms with van der Waals surface area (Å²) in [6.07, 6.45) is -2.25. The van der Waals surface area contributed by atoms with Gasteiger partial charge < -0.3 is 14.8 Å². The van der Waals surface area contributed by atoms with Gasteiger partial charge in [0.25, 0.3) is 0 Å². The highest BCUT2D eigenvalue weighted by Gasteiger charge is 2.34. The van der Waals surface area contributed by atoms with Gasteiger partial charge in [-0.2, -0.15) is 0 Å². The summed E-state index contributed by atoms with van der Waals surface area (Å²) in [5, 5.41) is 11.6. The lowest BCUT2D eigenvalue weighted by atomic mass is 9.92. The van der Waals surface area contributed by atoms with Gasteiger partial charge in [-0.3, -0.25) is 0 Å². The molecule has 0 aliphatic carbocycles. The number of para-hydroxylation sites is 1. The van der Waals surface area contributed by atoms with E-state index in [1.165, 1.54) is 16.2 Å². The van der Waals surface area contributed by atoms with Gasteiger partial charge in [0.05, 0.1) is 5.69 Å². The molecule has 3 rings (SSSR count). The van der Waals surface area contributed by atoms with E-state index in [0.717, 1.165) is 16.3 Å². The first kappa shape index (κ1) is 19.1. The van der Waals surface area contributed by atoms with Crippen LogP contribution in [0.25, 0.3) is 10.6 Å². The molecule has 1 atom stereocenters. The molecule has 1 amide bonds. The van der Waals surface area contributed by atoms with E-state index >= 15 is 0 Å². The number of alkyl halides is 1. The van der Waals surface area contributed by atoms with Gasteiger partial charge in [0.15, 0.2) is 0 Å². The van der Waals surface area contributed by atoms with Crippen molar-refractivity contribution in [2.24, 2.45) is 5.92 Å². The van der Waals surface area contributed by atoms with Gasteiger partial charge in [0.1, 0.15) is 5.01 Å². The summed E-state index contributed by atoms with van der Waals surface area (Å²) in [7, 11) is 0. The molecule has 2 aromatic rings. The minimum Gasteiger partial charge on any atom is -0.465 e. The molecule has 0 spiro atoms. The first-order valence-electron chi connectivity index (χ1n) is 8.56. The molecule has 0 radical (unpaired) electrons. The summed E-state index contributed by atoms with van der Waals surface area (Å²) < 4.78 is 14.4. The number of hydrogen-bond donors (Lipinski definition) is 2. The summed E-state index contributed by atoms with van der Waals surface area (Å²) in [6, 6.07) is 7.17. The predicted octanol–water partition coefficient (Wildman–Crippen LogP) is 3.72. The van der Waals surface area contributed by atoms with E-state index in [1.54, 1.807) is 12.1 Å². The number of rotatable bonds is 5. The number of aromatic nitrogens is 1. The fourth-order valence-corrected chi connectivity index (χ4v) is 3.81. The highest BCUT2D eigenvalue weighted by Crippen LogP contribution is 2.31. The van der Waals surface area contributed by atoms with Crippen LogP contribution >= 0.6 is 11.3 Å². The lowest BCUT2D eigenvalue weighted by Crippen LogP contribution is -2.41. The highest BCUT2D eigenvalue weighted by atomic mass is 32.1. The number of anilines is 1. The number of carboxylic acid groups (broad SMARTS) is 1. The molecule has 27 heavy (non-hydrogen) atoms. The number of amides is 1. The molecule has 7 nitrogen and oxygen atoms in total. The second-order valence-electron chi connectivity index (χ2n) is 6.37. The topological polar surface area (TPSA) is 91.8 Å². The Hall–Kier alpha value is -2.68. The van der Waals surface area contributed by atoms with Crippen LogP contribution in [0, 0.1) is 12.8 Å². The first-order valence-corrected chi connectivity index (χ1v) is 9.44. The highest BCUT2D eigenvalue weighted by molar-refractivity contribution is 7.13. The number of carbonyl (C=O) groups is 2. The third-order valence-electron chi connectivity index (χ3n) is 4.49. The Morgan fingerprint density at radius 2 is 2.07 bits per heavy atom. The maximum absolute atomic E-state index is 14.4. The fraction of sp³-hybridized carbons (Fsp3) is 0.389. The fourth-order valence-electron chi connectivity index (χ4n) is 2.97. The first-order chi connectivity index (χ1) is 13.0. The zero-order valence-electron chi connectivity index (χ0n) is 14.7. The van der Waals surface area contributed by atoms with Crippen LogP contribution in [0.2, 0.25) is 0 Å². The molecule has 1 aromatic heterocycles. The lowest BCUT2D eigenvalue weighted by molar-refractivity contribution is -0.149. The molecule has 1 aliphatic rings. The smallest absolute Gasteiger partial charge is 0.407 e. The van der Waals surface area contributed by atoms with Crippen molar-refractivity contribution in [2.45, 2.75) is 25.9 Å². The van der Waals surface area contributed by atoms with Gasteiger partial charge in [-0.1, -0.05) is 12.1 Å². The van der Waals surface area contributed by atoms with Gasteiger partial charge in [0.2, 0.25) is 6.17 Å². The van der Waals surface area contributed by atoms with E-state index in [4.69, 9.17) is 9.94 Å². The third kappa shape index (κ3) is 4.54. The summed E-state index contributed by atoms with van der Waals surface area (Å²) in [6.45, 7) is 2.32. The second-order valence-corrected chi connectivity index (χ2v) is 7.23. The minimum atomic E-state index is -1.80. The Bertz CT molecular complexity index is 820. The molecular weight excluding hydrogens is 373 g/mol. The van der Waals surface area contributed by atoms with Crippen LogP contribution in [0.4, 0.5) is 14.9 Å². The van der Waals surface area contributed by atoms with Crippen molar-refractivity contribution < 1.29 is 23.9 Å². The van der Waals surface area contributed by atoms with E-state index < -0.39 is 24.2 Å². The van der Waals surface area contributed by atoms with Gasteiger partial charge in [-0.25, -0.2) is 24.4 Å². The quantitative estimate of drug-likeness (QED) is 0.753. The number of aryl methyl sites for hydroxylation is 1. The molecule has 1 aromatic carbocycles. The maximum Gasteiger partial charge on any atom is 0.407 e. The zero-order chi connectivity index (χ0) is 19.4. The molecule has 2 heterocycles. The van der Waals surface area contributed by atoms with Crippen molar-refractivity contribution in [3.63, 3.8) is 0 Å². The average Bonchev–Trinajstić information content (AvgIpc) is 3.12. The van der Waals surface area contributed by atoms with Crippen LogP contribution in [-0.4, -0.2) is 46.3 Å². The number of halogens is 1. The molecule has 9 heteroatoms. The van der Waals surface area contributed by atoms with Crippen molar-refractivity contribution in [1.29, 1.82) is 0 Å². The van der Waals surface area contributed by atoms with Crippen LogP contribution in [0.1, 0.15) is 18.5 Å². The molecule has 0 saturated carbocycles. The summed E-state index contributed by atoms with van der Waals surface area (Å²) in [5.74, 6) is -1.55. The van der Waals surface area contributed by atoms with E-state index in [9.17, 15) is 14.0 Å². The number of benzene rings is 1. The summed E-state index contributed by atoms with van der Waals surface area (Å²) in [4.78, 5) is 33.6. The Balaban J connectivity index is 1.59. The Labute approximate surface area is 159 Å². The van der Waals surface area contributed by atoms with E-state index in [1.807, 2.05) is 24.4 Å². The third-order valence-corrected chi connectivity index (χ3v) is 5.48. The SMILES string of the molecule is Cc1csc(-c2ccccc2NOC(=O)C(F)C2CCN(C(=O)O)CC2)n1. The van der Waals surface area contributed by atoms with Crippen molar-refractivity contribution in [3.05, 3.63) is 35.3 Å². The molecule has 2 N–H and O–H groups in total. The van der Waals surface area contributed by atoms with E-state index in [2.05, 4.69) is 10.5 Å². The van der Waals surface area contributed by atoms with Crippen LogP contribution < -0.4 is 5.48 Å². The minimum absolute atomic E-state index is 0.216. The van der Waals surface area contributed by atoms with Gasteiger partial charge in [-0.15, -0.1) is 11.3 Å². The zero-order valence-corrected chi connectivity index (χ0v) is 15.5. The largest absolute Gasteiger partial charge is 0.465 e. The van der Waals surface area contributed by atoms with Crippen LogP contribution in [0.15, 0.2) is 29.6 Å². The molecule has 1 unspecified atom stereocenters. The normalized spacial score (nSPS) is 16.0. The summed E-state index contributed by atoms with van der Waals surface area (Å²) in [5.41, 5.74) is 4.71. The Kier molecular flexibility index (Phi) is 5.90. The molecule has 1 fully saturated rings. The maximum atomic E-state index is 14.4. The predicted molar refractivity (Wildman–Crippen MR) is 99.2 cm³/mol.